The van der Waals surface area contributed by atoms with E-state index in [2.05, 4.69) is 20.7 Å². The second-order valence-electron chi connectivity index (χ2n) is 8.48. The van der Waals surface area contributed by atoms with Crippen LogP contribution in [-0.4, -0.2) is 56.9 Å². The van der Waals surface area contributed by atoms with Gasteiger partial charge in [0, 0.05) is 43.5 Å². The number of aromatic amines is 1. The number of hydrogen-bond donors (Lipinski definition) is 2. The molecule has 1 atom stereocenters. The standard InChI is InChI=1S/C21H19F3N6O3/c22-15-2-1-14(5-13(15)7-25)27-18(32)12-3-4-30(9-12)19(33)16(31)6-20(10-21(23,24)11-20)17-8-26-29-28-17/h1-2,5,8,12H,3-4,6,9-11H2,(H,27,32)(H,26,28,29)/t12-/m0/s1. The van der Waals surface area contributed by atoms with Gasteiger partial charge in [-0.2, -0.15) is 20.7 Å². The molecule has 172 valence electrons. The van der Waals surface area contributed by atoms with E-state index < -0.39 is 59.9 Å². The van der Waals surface area contributed by atoms with Gasteiger partial charge in [0.15, 0.2) is 0 Å². The summed E-state index contributed by atoms with van der Waals surface area (Å²) in [7, 11) is 0. The Hall–Kier alpha value is -3.75. The van der Waals surface area contributed by atoms with Crippen molar-refractivity contribution < 1.29 is 27.6 Å². The molecule has 2 aromatic rings. The summed E-state index contributed by atoms with van der Waals surface area (Å²) in [6, 6.07) is 5.26. The maximum Gasteiger partial charge on any atom is 0.289 e. The van der Waals surface area contributed by atoms with E-state index in [4.69, 9.17) is 5.26 Å². The van der Waals surface area contributed by atoms with Gasteiger partial charge in [-0.05, 0) is 24.6 Å². The van der Waals surface area contributed by atoms with Gasteiger partial charge < -0.3 is 10.2 Å². The van der Waals surface area contributed by atoms with Gasteiger partial charge in [0.1, 0.15) is 11.9 Å². The second kappa shape index (κ2) is 8.31. The smallest absolute Gasteiger partial charge is 0.289 e. The zero-order valence-electron chi connectivity index (χ0n) is 17.3. The molecular formula is C21H19F3N6O3. The number of carbonyl (C=O) groups is 3. The van der Waals surface area contributed by atoms with Crippen molar-refractivity contribution in [3.05, 3.63) is 41.5 Å². The lowest BCUT2D eigenvalue weighted by Crippen LogP contribution is -2.52. The topological polar surface area (TPSA) is 132 Å². The van der Waals surface area contributed by atoms with Gasteiger partial charge in [-0.25, -0.2) is 13.2 Å². The maximum atomic E-state index is 13.6. The van der Waals surface area contributed by atoms with E-state index in [1.165, 1.54) is 23.2 Å². The van der Waals surface area contributed by atoms with Gasteiger partial charge in [0.25, 0.3) is 5.91 Å². The number of Topliss-reactive ketones (excluding diaryl/α,β-unsaturated/α-hetero) is 1. The van der Waals surface area contributed by atoms with Crippen LogP contribution in [0.5, 0.6) is 0 Å². The molecule has 1 aromatic carbocycles. The van der Waals surface area contributed by atoms with Crippen molar-refractivity contribution in [2.24, 2.45) is 5.92 Å². The van der Waals surface area contributed by atoms with Gasteiger partial charge in [-0.3, -0.25) is 14.4 Å². The number of halogens is 3. The van der Waals surface area contributed by atoms with Crippen LogP contribution in [0.3, 0.4) is 0 Å². The number of nitrogens with zero attached hydrogens (tertiary/aromatic N) is 4. The van der Waals surface area contributed by atoms with Crippen LogP contribution in [0.2, 0.25) is 0 Å². The first-order chi connectivity index (χ1) is 15.6. The number of aromatic nitrogens is 3. The zero-order chi connectivity index (χ0) is 23.8. The first kappa shape index (κ1) is 22.4. The number of carbonyl (C=O) groups excluding carboxylic acids is 3. The molecule has 0 bridgehead atoms. The molecule has 0 unspecified atom stereocenters. The highest BCUT2D eigenvalue weighted by atomic mass is 19.3. The van der Waals surface area contributed by atoms with Crippen molar-refractivity contribution in [3.63, 3.8) is 0 Å². The highest BCUT2D eigenvalue weighted by Crippen LogP contribution is 2.54. The van der Waals surface area contributed by atoms with Crippen LogP contribution in [0.1, 0.15) is 36.9 Å². The Morgan fingerprint density at radius 3 is 2.70 bits per heavy atom. The molecule has 4 rings (SSSR count). The molecular weight excluding hydrogens is 441 g/mol. The summed E-state index contributed by atoms with van der Waals surface area (Å²) in [5, 5.41) is 21.3. The van der Waals surface area contributed by atoms with Gasteiger partial charge in [-0.15, -0.1) is 0 Å². The molecule has 1 saturated heterocycles. The molecule has 2 heterocycles. The molecule has 2 N–H and O–H groups in total. The van der Waals surface area contributed by atoms with Crippen LogP contribution >= 0.6 is 0 Å². The Bertz CT molecular complexity index is 1140. The molecule has 1 aromatic heterocycles. The van der Waals surface area contributed by atoms with E-state index in [0.29, 0.717) is 6.42 Å². The lowest BCUT2D eigenvalue weighted by molar-refractivity contribution is -0.153. The number of likely N-dealkylation sites (tertiary alicyclic amines) is 1. The minimum Gasteiger partial charge on any atom is -0.335 e. The summed E-state index contributed by atoms with van der Waals surface area (Å²) in [5.41, 5.74) is -1.02. The number of nitrogens with one attached hydrogen (secondary N) is 2. The number of benzene rings is 1. The van der Waals surface area contributed by atoms with E-state index in [1.807, 2.05) is 0 Å². The number of amides is 2. The summed E-state index contributed by atoms with van der Waals surface area (Å²) in [4.78, 5) is 39.1. The molecule has 2 fully saturated rings. The number of anilines is 1. The molecule has 9 nitrogen and oxygen atoms in total. The quantitative estimate of drug-likeness (QED) is 0.633. The number of rotatable bonds is 6. The number of alkyl halides is 2. The zero-order valence-corrected chi connectivity index (χ0v) is 17.3. The number of H-pyrrole nitrogens is 1. The molecule has 1 aliphatic carbocycles. The first-order valence-electron chi connectivity index (χ1n) is 10.2. The Kier molecular flexibility index (Phi) is 5.65. The average molecular weight is 460 g/mol. The van der Waals surface area contributed by atoms with Gasteiger partial charge in [0.05, 0.1) is 23.4 Å². The third-order valence-corrected chi connectivity index (χ3v) is 6.09. The van der Waals surface area contributed by atoms with Crippen molar-refractivity contribution in [1.82, 2.24) is 20.3 Å². The van der Waals surface area contributed by atoms with Crippen molar-refractivity contribution in [2.45, 2.75) is 37.0 Å². The summed E-state index contributed by atoms with van der Waals surface area (Å²) in [5.74, 6) is -6.37. The minimum absolute atomic E-state index is 0.0180. The van der Waals surface area contributed by atoms with Gasteiger partial charge in [0.2, 0.25) is 17.6 Å². The van der Waals surface area contributed by atoms with Crippen molar-refractivity contribution >= 4 is 23.3 Å². The second-order valence-corrected chi connectivity index (χ2v) is 8.48. The molecule has 2 aliphatic rings. The fourth-order valence-corrected chi connectivity index (χ4v) is 4.44. The third kappa shape index (κ3) is 4.44. The third-order valence-electron chi connectivity index (χ3n) is 6.09. The number of hydrogen-bond acceptors (Lipinski definition) is 6. The van der Waals surface area contributed by atoms with Crippen LogP contribution in [0.15, 0.2) is 24.4 Å². The monoisotopic (exact) mass is 460 g/mol. The van der Waals surface area contributed by atoms with Crippen LogP contribution in [0.4, 0.5) is 18.9 Å². The van der Waals surface area contributed by atoms with Crippen LogP contribution in [0, 0.1) is 23.1 Å². The summed E-state index contributed by atoms with van der Waals surface area (Å²) in [6.07, 6.45) is -0.0498. The average Bonchev–Trinajstić information content (AvgIpc) is 3.45. The van der Waals surface area contributed by atoms with Gasteiger partial charge in [-0.1, -0.05) is 0 Å². The number of ketones is 1. The van der Waals surface area contributed by atoms with E-state index in [-0.39, 0.29) is 30.0 Å². The summed E-state index contributed by atoms with van der Waals surface area (Å²) < 4.78 is 40.7. The van der Waals surface area contributed by atoms with Crippen LogP contribution < -0.4 is 5.32 Å². The maximum absolute atomic E-state index is 13.6. The Morgan fingerprint density at radius 2 is 2.06 bits per heavy atom. The summed E-state index contributed by atoms with van der Waals surface area (Å²) >= 11 is 0. The van der Waals surface area contributed by atoms with Crippen LogP contribution in [-0.2, 0) is 19.8 Å². The lowest BCUT2D eigenvalue weighted by Gasteiger charge is -2.45. The van der Waals surface area contributed by atoms with E-state index in [9.17, 15) is 27.6 Å². The largest absolute Gasteiger partial charge is 0.335 e. The van der Waals surface area contributed by atoms with Crippen molar-refractivity contribution in [3.8, 4) is 6.07 Å². The predicted molar refractivity (Wildman–Crippen MR) is 106 cm³/mol. The molecule has 0 radical (unpaired) electrons. The predicted octanol–water partition coefficient (Wildman–Crippen LogP) is 1.93. The Labute approximate surface area is 185 Å². The Balaban J connectivity index is 1.37. The molecule has 33 heavy (non-hydrogen) atoms. The van der Waals surface area contributed by atoms with E-state index in [0.717, 1.165) is 6.07 Å². The summed E-state index contributed by atoms with van der Waals surface area (Å²) in [6.45, 7) is 0.137. The first-order valence-corrected chi connectivity index (χ1v) is 10.2. The van der Waals surface area contributed by atoms with E-state index >= 15 is 0 Å². The molecule has 0 spiro atoms. The highest BCUT2D eigenvalue weighted by molar-refractivity contribution is 6.36. The molecule has 2 amide bonds. The van der Waals surface area contributed by atoms with Crippen molar-refractivity contribution in [2.75, 3.05) is 18.4 Å². The SMILES string of the molecule is N#Cc1cc(NC(=O)[C@H]2CCN(C(=O)C(=O)CC3(c4cn[nH]n4)CC(F)(F)C3)C2)ccc1F. The highest BCUT2D eigenvalue weighted by Gasteiger charge is 2.59. The van der Waals surface area contributed by atoms with Gasteiger partial charge >= 0.3 is 0 Å². The van der Waals surface area contributed by atoms with Crippen molar-refractivity contribution in [1.29, 1.82) is 5.26 Å². The van der Waals surface area contributed by atoms with E-state index in [1.54, 1.807) is 6.07 Å². The lowest BCUT2D eigenvalue weighted by atomic mass is 9.61. The molecule has 1 aliphatic heterocycles. The van der Waals surface area contributed by atoms with Crippen LogP contribution in [0.25, 0.3) is 0 Å². The Morgan fingerprint density at radius 1 is 1.30 bits per heavy atom. The molecule has 1 saturated carbocycles. The molecule has 12 heteroatoms. The normalized spacial score (nSPS) is 20.5. The number of nitriles is 1. The minimum atomic E-state index is -2.94. The fourth-order valence-electron chi connectivity index (χ4n) is 4.44. The fraction of sp³-hybridized carbons (Fsp3) is 0.429.